The first-order valence-electron chi connectivity index (χ1n) is 6.27. The smallest absolute Gasteiger partial charge is 0.322 e. The Balaban J connectivity index is 2.39. The van der Waals surface area contributed by atoms with Gasteiger partial charge in [-0.2, -0.15) is 0 Å². The number of nitrogens with zero attached hydrogens (tertiary/aromatic N) is 1. The summed E-state index contributed by atoms with van der Waals surface area (Å²) in [7, 11) is 0. The molecule has 2 unspecified atom stereocenters. The zero-order valence-electron chi connectivity index (χ0n) is 10.9. The van der Waals surface area contributed by atoms with E-state index in [2.05, 4.69) is 5.32 Å². The number of amides is 1. The third kappa shape index (κ3) is 4.00. The van der Waals surface area contributed by atoms with E-state index in [0.29, 0.717) is 6.61 Å². The van der Waals surface area contributed by atoms with Crippen molar-refractivity contribution in [3.63, 3.8) is 0 Å². The number of ether oxygens (including phenoxy) is 1. The van der Waals surface area contributed by atoms with Gasteiger partial charge in [0.25, 0.3) is 0 Å². The maximum atomic E-state index is 12.0. The number of hydrogen-bond acceptors (Lipinski definition) is 4. The van der Waals surface area contributed by atoms with Crippen LogP contribution in [0.2, 0.25) is 0 Å². The molecule has 0 aromatic heterocycles. The minimum atomic E-state index is -0.448. The van der Waals surface area contributed by atoms with E-state index in [1.54, 1.807) is 20.8 Å². The standard InChI is InChI=1S/C12H22N2O3/c1-4-17-12(16)10(3)13-9(2)11(15)14-7-5-6-8-14/h9-10,13H,4-8H2,1-3H3. The van der Waals surface area contributed by atoms with Crippen LogP contribution in [0.3, 0.4) is 0 Å². The lowest BCUT2D eigenvalue weighted by Crippen LogP contribution is -2.49. The van der Waals surface area contributed by atoms with E-state index in [1.807, 2.05) is 4.90 Å². The Morgan fingerprint density at radius 1 is 1.24 bits per heavy atom. The van der Waals surface area contributed by atoms with Crippen LogP contribution in [-0.4, -0.2) is 48.6 Å². The van der Waals surface area contributed by atoms with Crippen LogP contribution in [0.4, 0.5) is 0 Å². The van der Waals surface area contributed by atoms with Crippen molar-refractivity contribution >= 4 is 11.9 Å². The second kappa shape index (κ2) is 6.59. The van der Waals surface area contributed by atoms with Crippen LogP contribution in [0.1, 0.15) is 33.6 Å². The van der Waals surface area contributed by atoms with Gasteiger partial charge in [0.15, 0.2) is 0 Å². The summed E-state index contributed by atoms with van der Waals surface area (Å²) in [6.45, 7) is 7.29. The van der Waals surface area contributed by atoms with E-state index in [4.69, 9.17) is 4.74 Å². The molecule has 1 N–H and O–H groups in total. The summed E-state index contributed by atoms with van der Waals surface area (Å²) >= 11 is 0. The molecule has 1 aliphatic heterocycles. The van der Waals surface area contributed by atoms with Crippen LogP contribution in [0.5, 0.6) is 0 Å². The molecule has 98 valence electrons. The van der Waals surface area contributed by atoms with E-state index >= 15 is 0 Å². The van der Waals surface area contributed by atoms with E-state index < -0.39 is 6.04 Å². The number of hydrogen-bond donors (Lipinski definition) is 1. The Hall–Kier alpha value is -1.10. The molecule has 0 aliphatic carbocycles. The van der Waals surface area contributed by atoms with Crippen LogP contribution in [0, 0.1) is 0 Å². The van der Waals surface area contributed by atoms with Crippen molar-refractivity contribution in [2.75, 3.05) is 19.7 Å². The minimum Gasteiger partial charge on any atom is -0.465 e. The summed E-state index contributed by atoms with van der Waals surface area (Å²) in [6.07, 6.45) is 2.15. The van der Waals surface area contributed by atoms with Crippen LogP contribution in [-0.2, 0) is 14.3 Å². The van der Waals surface area contributed by atoms with Crippen LogP contribution in [0.15, 0.2) is 0 Å². The summed E-state index contributed by atoms with van der Waals surface area (Å²) < 4.78 is 4.88. The predicted molar refractivity (Wildman–Crippen MR) is 64.5 cm³/mol. The molecule has 1 amide bonds. The molecule has 1 rings (SSSR count). The Morgan fingerprint density at radius 2 is 1.82 bits per heavy atom. The van der Waals surface area contributed by atoms with Gasteiger partial charge in [0.05, 0.1) is 12.6 Å². The molecule has 1 heterocycles. The maximum Gasteiger partial charge on any atom is 0.322 e. The molecule has 2 atom stereocenters. The van der Waals surface area contributed by atoms with E-state index in [-0.39, 0.29) is 17.9 Å². The zero-order valence-corrected chi connectivity index (χ0v) is 10.9. The number of likely N-dealkylation sites (tertiary alicyclic amines) is 1. The monoisotopic (exact) mass is 242 g/mol. The van der Waals surface area contributed by atoms with Crippen molar-refractivity contribution < 1.29 is 14.3 Å². The van der Waals surface area contributed by atoms with E-state index in [9.17, 15) is 9.59 Å². The average Bonchev–Trinajstić information content (AvgIpc) is 2.81. The fraction of sp³-hybridized carbons (Fsp3) is 0.833. The third-order valence-corrected chi connectivity index (χ3v) is 2.93. The van der Waals surface area contributed by atoms with Gasteiger partial charge in [0.2, 0.25) is 5.91 Å². The first-order chi connectivity index (χ1) is 8.06. The molecular formula is C12H22N2O3. The fourth-order valence-corrected chi connectivity index (χ4v) is 1.99. The van der Waals surface area contributed by atoms with Gasteiger partial charge >= 0.3 is 5.97 Å². The molecule has 0 spiro atoms. The molecule has 17 heavy (non-hydrogen) atoms. The van der Waals surface area contributed by atoms with Gasteiger partial charge in [-0.1, -0.05) is 0 Å². The topological polar surface area (TPSA) is 58.6 Å². The highest BCUT2D eigenvalue weighted by atomic mass is 16.5. The summed E-state index contributed by atoms with van der Waals surface area (Å²) in [5, 5.41) is 2.98. The lowest BCUT2D eigenvalue weighted by Gasteiger charge is -2.23. The molecule has 0 aromatic carbocycles. The summed E-state index contributed by atoms with van der Waals surface area (Å²) in [4.78, 5) is 25.2. The molecule has 0 saturated carbocycles. The number of nitrogens with one attached hydrogen (secondary N) is 1. The lowest BCUT2D eigenvalue weighted by molar-refractivity contribution is -0.145. The Labute approximate surface area is 102 Å². The molecule has 0 bridgehead atoms. The van der Waals surface area contributed by atoms with Gasteiger partial charge in [-0.25, -0.2) is 0 Å². The molecule has 1 aliphatic rings. The average molecular weight is 242 g/mol. The van der Waals surface area contributed by atoms with Gasteiger partial charge in [0.1, 0.15) is 6.04 Å². The largest absolute Gasteiger partial charge is 0.465 e. The van der Waals surface area contributed by atoms with Crippen LogP contribution in [0.25, 0.3) is 0 Å². The molecular weight excluding hydrogens is 220 g/mol. The van der Waals surface area contributed by atoms with Crippen molar-refractivity contribution in [3.05, 3.63) is 0 Å². The lowest BCUT2D eigenvalue weighted by atomic mass is 10.2. The SMILES string of the molecule is CCOC(=O)C(C)NC(C)C(=O)N1CCCC1. The summed E-state index contributed by atoms with van der Waals surface area (Å²) in [5.41, 5.74) is 0. The van der Waals surface area contributed by atoms with Gasteiger partial charge in [-0.05, 0) is 33.6 Å². The zero-order chi connectivity index (χ0) is 12.8. The molecule has 0 radical (unpaired) electrons. The molecule has 1 fully saturated rings. The molecule has 5 heteroatoms. The van der Waals surface area contributed by atoms with Crippen molar-refractivity contribution in [2.45, 2.75) is 45.7 Å². The summed E-state index contributed by atoms with van der Waals surface area (Å²) in [5.74, 6) is -0.243. The first kappa shape index (κ1) is 14.0. The highest BCUT2D eigenvalue weighted by Crippen LogP contribution is 2.09. The van der Waals surface area contributed by atoms with Gasteiger partial charge < -0.3 is 9.64 Å². The first-order valence-corrected chi connectivity index (χ1v) is 6.27. The van der Waals surface area contributed by atoms with Crippen LogP contribution < -0.4 is 5.32 Å². The number of carbonyl (C=O) groups excluding carboxylic acids is 2. The Bertz CT molecular complexity index is 275. The Kier molecular flexibility index (Phi) is 5.41. The normalized spacial score (nSPS) is 18.9. The van der Waals surface area contributed by atoms with Crippen molar-refractivity contribution in [1.29, 1.82) is 0 Å². The van der Waals surface area contributed by atoms with E-state index in [0.717, 1.165) is 25.9 Å². The predicted octanol–water partition coefficient (Wildman–Crippen LogP) is 0.539. The van der Waals surface area contributed by atoms with Crippen molar-refractivity contribution in [3.8, 4) is 0 Å². The Morgan fingerprint density at radius 3 is 2.35 bits per heavy atom. The van der Waals surface area contributed by atoms with E-state index in [1.165, 1.54) is 0 Å². The van der Waals surface area contributed by atoms with Crippen molar-refractivity contribution in [1.82, 2.24) is 10.2 Å². The number of rotatable bonds is 5. The maximum absolute atomic E-state index is 12.0. The van der Waals surface area contributed by atoms with Gasteiger partial charge in [0, 0.05) is 13.1 Å². The van der Waals surface area contributed by atoms with Crippen molar-refractivity contribution in [2.24, 2.45) is 0 Å². The van der Waals surface area contributed by atoms with Crippen LogP contribution >= 0.6 is 0 Å². The second-order valence-corrected chi connectivity index (χ2v) is 4.39. The number of esters is 1. The quantitative estimate of drug-likeness (QED) is 0.715. The summed E-state index contributed by atoms with van der Waals surface area (Å²) in [6, 6.07) is -0.788. The minimum absolute atomic E-state index is 0.0682. The van der Waals surface area contributed by atoms with Gasteiger partial charge in [-0.15, -0.1) is 0 Å². The van der Waals surface area contributed by atoms with Gasteiger partial charge in [-0.3, -0.25) is 14.9 Å². The third-order valence-electron chi connectivity index (χ3n) is 2.93. The molecule has 5 nitrogen and oxygen atoms in total. The highest BCUT2D eigenvalue weighted by molar-refractivity contribution is 5.83. The fourth-order valence-electron chi connectivity index (χ4n) is 1.99. The molecule has 1 saturated heterocycles. The number of carbonyl (C=O) groups is 2. The molecule has 0 aromatic rings. The second-order valence-electron chi connectivity index (χ2n) is 4.39. The highest BCUT2D eigenvalue weighted by Gasteiger charge is 2.26.